The Bertz CT molecular complexity index is 709. The van der Waals surface area contributed by atoms with E-state index in [4.69, 9.17) is 14.0 Å². The van der Waals surface area contributed by atoms with E-state index in [1.807, 2.05) is 0 Å². The fourth-order valence-corrected chi connectivity index (χ4v) is 4.36. The van der Waals surface area contributed by atoms with Crippen molar-refractivity contribution in [3.63, 3.8) is 0 Å². The second kappa shape index (κ2) is 6.78. The first-order chi connectivity index (χ1) is 10.4. The Morgan fingerprint density at radius 1 is 1.45 bits per heavy atom. The molecular weight excluding hydrogens is 328 g/mol. The van der Waals surface area contributed by atoms with Gasteiger partial charge in [0.25, 0.3) is 16.4 Å². The minimum atomic E-state index is -3.89. The number of aromatic nitrogens is 1. The van der Waals surface area contributed by atoms with Crippen molar-refractivity contribution in [2.45, 2.75) is 31.4 Å². The summed E-state index contributed by atoms with van der Waals surface area (Å²) in [5.41, 5.74) is 1.22. The van der Waals surface area contributed by atoms with Crippen molar-refractivity contribution in [2.24, 2.45) is 0 Å². The van der Waals surface area contributed by atoms with E-state index in [9.17, 15) is 8.42 Å². The minimum absolute atomic E-state index is 0.0891. The smallest absolute Gasteiger partial charge is 0.280 e. The Labute approximate surface area is 133 Å². The Morgan fingerprint density at radius 3 is 2.64 bits per heavy atom. The zero-order valence-corrected chi connectivity index (χ0v) is 14.4. The van der Waals surface area contributed by atoms with E-state index in [0.29, 0.717) is 11.3 Å². The summed E-state index contributed by atoms with van der Waals surface area (Å²) in [4.78, 5) is 0. The van der Waals surface area contributed by atoms with Crippen molar-refractivity contribution in [2.75, 3.05) is 18.0 Å². The Hall–Kier alpha value is -1.42. The summed E-state index contributed by atoms with van der Waals surface area (Å²) in [6.45, 7) is 5.50. The molecule has 0 aromatic carbocycles. The van der Waals surface area contributed by atoms with Crippen molar-refractivity contribution in [1.82, 2.24) is 5.16 Å². The van der Waals surface area contributed by atoms with Crippen LogP contribution in [0.3, 0.4) is 0 Å². The third-order valence-electron chi connectivity index (χ3n) is 3.04. The standard InChI is InChI=1S/C13H18N2O5S2/c1-5-19-13(18-4)15(12-9(2)10(3)14-20-12)22(16,17)11-7-6-8-21-11/h6-8,13H,5H2,1-4H3. The summed E-state index contributed by atoms with van der Waals surface area (Å²) in [7, 11) is -2.51. The molecule has 0 aliphatic carbocycles. The van der Waals surface area contributed by atoms with Gasteiger partial charge >= 0.3 is 0 Å². The van der Waals surface area contributed by atoms with Gasteiger partial charge in [-0.1, -0.05) is 11.2 Å². The second-order valence-corrected chi connectivity index (χ2v) is 7.42. The molecule has 122 valence electrons. The molecule has 2 heterocycles. The van der Waals surface area contributed by atoms with Gasteiger partial charge in [-0.25, -0.2) is 0 Å². The average Bonchev–Trinajstić information content (AvgIpc) is 3.12. The molecule has 9 heteroatoms. The van der Waals surface area contributed by atoms with E-state index in [1.165, 1.54) is 13.2 Å². The lowest BCUT2D eigenvalue weighted by Crippen LogP contribution is -2.43. The first kappa shape index (κ1) is 16.9. The Balaban J connectivity index is 2.58. The third-order valence-corrected chi connectivity index (χ3v) is 6.13. The van der Waals surface area contributed by atoms with Crippen molar-refractivity contribution >= 4 is 27.2 Å². The monoisotopic (exact) mass is 346 g/mol. The third kappa shape index (κ3) is 3.02. The number of methoxy groups -OCH3 is 1. The molecule has 1 atom stereocenters. The van der Waals surface area contributed by atoms with Gasteiger partial charge in [0.05, 0.1) is 5.69 Å². The van der Waals surface area contributed by atoms with Crippen molar-refractivity contribution in [3.05, 3.63) is 28.8 Å². The summed E-state index contributed by atoms with van der Waals surface area (Å²) < 4.78 is 42.8. The van der Waals surface area contributed by atoms with Crippen LogP contribution in [0.4, 0.5) is 5.88 Å². The van der Waals surface area contributed by atoms with E-state index in [-0.39, 0.29) is 16.7 Å². The fourth-order valence-electron chi connectivity index (χ4n) is 1.81. The number of hydrogen-bond acceptors (Lipinski definition) is 7. The number of thiophene rings is 1. The van der Waals surface area contributed by atoms with E-state index < -0.39 is 16.4 Å². The molecule has 0 radical (unpaired) electrons. The van der Waals surface area contributed by atoms with Crippen LogP contribution in [0.2, 0.25) is 0 Å². The van der Waals surface area contributed by atoms with Gasteiger partial charge in [0.15, 0.2) is 0 Å². The van der Waals surface area contributed by atoms with Crippen LogP contribution in [0.1, 0.15) is 18.2 Å². The van der Waals surface area contributed by atoms with Crippen LogP contribution in [-0.4, -0.2) is 33.7 Å². The molecule has 0 spiro atoms. The number of sulfonamides is 1. The van der Waals surface area contributed by atoms with Gasteiger partial charge in [-0.15, -0.1) is 11.3 Å². The SMILES string of the molecule is CCOC(OC)N(c1onc(C)c1C)S(=O)(=O)c1cccs1. The molecule has 22 heavy (non-hydrogen) atoms. The number of anilines is 1. The highest BCUT2D eigenvalue weighted by Gasteiger charge is 2.37. The quantitative estimate of drug-likeness (QED) is 0.717. The topological polar surface area (TPSA) is 81.9 Å². The highest BCUT2D eigenvalue weighted by atomic mass is 32.2. The van der Waals surface area contributed by atoms with Gasteiger partial charge in [0.1, 0.15) is 4.21 Å². The number of nitrogens with zero attached hydrogens (tertiary/aromatic N) is 2. The van der Waals surface area contributed by atoms with Crippen LogP contribution in [0.5, 0.6) is 0 Å². The minimum Gasteiger partial charge on any atom is -0.338 e. The Kier molecular flexibility index (Phi) is 5.22. The van der Waals surface area contributed by atoms with E-state index in [1.54, 1.807) is 32.2 Å². The predicted octanol–water partition coefficient (Wildman–Crippen LogP) is 2.51. The van der Waals surface area contributed by atoms with Gasteiger partial charge in [0, 0.05) is 19.3 Å². The lowest BCUT2D eigenvalue weighted by molar-refractivity contribution is -0.112. The van der Waals surface area contributed by atoms with Crippen molar-refractivity contribution in [3.8, 4) is 0 Å². The molecule has 0 aliphatic heterocycles. The van der Waals surface area contributed by atoms with E-state index in [0.717, 1.165) is 15.6 Å². The molecule has 0 aliphatic rings. The lowest BCUT2D eigenvalue weighted by Gasteiger charge is -2.28. The lowest BCUT2D eigenvalue weighted by atomic mass is 10.3. The molecule has 2 rings (SSSR count). The number of rotatable bonds is 7. The molecule has 1 unspecified atom stereocenters. The molecule has 0 N–H and O–H groups in total. The Morgan fingerprint density at radius 2 is 2.18 bits per heavy atom. The van der Waals surface area contributed by atoms with Crippen LogP contribution in [0.25, 0.3) is 0 Å². The van der Waals surface area contributed by atoms with Gasteiger partial charge in [-0.2, -0.15) is 12.7 Å². The van der Waals surface area contributed by atoms with Gasteiger partial charge < -0.3 is 14.0 Å². The highest BCUT2D eigenvalue weighted by Crippen LogP contribution is 2.32. The average molecular weight is 346 g/mol. The van der Waals surface area contributed by atoms with Crippen LogP contribution in [0, 0.1) is 13.8 Å². The molecule has 2 aromatic rings. The van der Waals surface area contributed by atoms with Crippen LogP contribution in [0.15, 0.2) is 26.2 Å². The maximum absolute atomic E-state index is 12.9. The summed E-state index contributed by atoms with van der Waals surface area (Å²) in [5.74, 6) is 0.0891. The van der Waals surface area contributed by atoms with Gasteiger partial charge in [0.2, 0.25) is 5.88 Å². The fraction of sp³-hybridized carbons (Fsp3) is 0.462. The molecule has 0 bridgehead atoms. The number of hydrogen-bond donors (Lipinski definition) is 0. The normalized spacial score (nSPS) is 13.3. The summed E-state index contributed by atoms with van der Waals surface area (Å²) in [6, 6.07) is 3.18. The molecule has 2 aromatic heterocycles. The molecule has 7 nitrogen and oxygen atoms in total. The maximum atomic E-state index is 12.9. The van der Waals surface area contributed by atoms with Gasteiger partial charge in [-0.05, 0) is 32.2 Å². The molecule has 0 saturated carbocycles. The van der Waals surface area contributed by atoms with E-state index >= 15 is 0 Å². The maximum Gasteiger partial charge on any atom is 0.280 e. The van der Waals surface area contributed by atoms with E-state index in [2.05, 4.69) is 5.16 Å². The van der Waals surface area contributed by atoms with Crippen LogP contribution < -0.4 is 4.31 Å². The van der Waals surface area contributed by atoms with Gasteiger partial charge in [-0.3, -0.25) is 0 Å². The van der Waals surface area contributed by atoms with Crippen LogP contribution >= 0.6 is 11.3 Å². The summed E-state index contributed by atoms with van der Waals surface area (Å²) in [5, 5.41) is 5.51. The predicted molar refractivity (Wildman–Crippen MR) is 82.4 cm³/mol. The largest absolute Gasteiger partial charge is 0.338 e. The highest BCUT2D eigenvalue weighted by molar-refractivity contribution is 7.94. The molecule has 0 saturated heterocycles. The first-order valence-corrected chi connectivity index (χ1v) is 8.90. The van der Waals surface area contributed by atoms with Crippen LogP contribution in [-0.2, 0) is 19.5 Å². The second-order valence-electron chi connectivity index (χ2n) is 4.43. The first-order valence-electron chi connectivity index (χ1n) is 6.58. The summed E-state index contributed by atoms with van der Waals surface area (Å²) in [6.07, 6.45) is -1.14. The number of aryl methyl sites for hydroxylation is 1. The summed E-state index contributed by atoms with van der Waals surface area (Å²) >= 11 is 1.11. The van der Waals surface area contributed by atoms with Crippen molar-refractivity contribution < 1.29 is 22.4 Å². The molecular formula is C13H18N2O5S2. The zero-order chi connectivity index (χ0) is 16.3. The molecule has 0 fully saturated rings. The molecule has 0 amide bonds. The number of ether oxygens (including phenoxy) is 2. The van der Waals surface area contributed by atoms with Crippen molar-refractivity contribution in [1.29, 1.82) is 0 Å². The zero-order valence-electron chi connectivity index (χ0n) is 12.8.